The van der Waals surface area contributed by atoms with E-state index in [-0.39, 0.29) is 18.5 Å². The predicted molar refractivity (Wildman–Crippen MR) is 324 cm³/mol. The van der Waals surface area contributed by atoms with Gasteiger partial charge < -0.3 is 20.3 Å². The molecule has 0 aromatic heterocycles. The van der Waals surface area contributed by atoms with E-state index >= 15 is 0 Å². The summed E-state index contributed by atoms with van der Waals surface area (Å²) in [6.07, 6.45) is 78.1. The second-order valence-electron chi connectivity index (χ2n) is 23.5. The van der Waals surface area contributed by atoms with Crippen molar-refractivity contribution in [1.82, 2.24) is 5.32 Å². The molecule has 0 aliphatic carbocycles. The van der Waals surface area contributed by atoms with Gasteiger partial charge in [-0.2, -0.15) is 0 Å². The number of hydrogen-bond acceptors (Lipinski definition) is 5. The summed E-state index contributed by atoms with van der Waals surface area (Å²) in [7, 11) is 0. The zero-order valence-electron chi connectivity index (χ0n) is 50.4. The van der Waals surface area contributed by atoms with Crippen molar-refractivity contribution < 1.29 is 24.5 Å². The van der Waals surface area contributed by atoms with E-state index in [4.69, 9.17) is 4.74 Å². The molecule has 2 unspecified atom stereocenters. The monoisotopic (exact) mass is 1040 g/mol. The molecular weight excluding hydrogens is 911 g/mol. The van der Waals surface area contributed by atoms with Gasteiger partial charge in [0.1, 0.15) is 0 Å². The van der Waals surface area contributed by atoms with Crippen molar-refractivity contribution in [3.8, 4) is 0 Å². The van der Waals surface area contributed by atoms with Gasteiger partial charge >= 0.3 is 5.97 Å². The Labute approximate surface area is 463 Å². The van der Waals surface area contributed by atoms with Gasteiger partial charge in [-0.3, -0.25) is 9.59 Å². The number of carbonyl (C=O) groups excluding carboxylic acids is 2. The summed E-state index contributed by atoms with van der Waals surface area (Å²) in [5, 5.41) is 23.4. The van der Waals surface area contributed by atoms with Crippen LogP contribution >= 0.6 is 0 Å². The summed E-state index contributed by atoms with van der Waals surface area (Å²) in [5.41, 5.74) is 0. The van der Waals surface area contributed by atoms with Gasteiger partial charge in [0, 0.05) is 12.8 Å². The molecule has 74 heavy (non-hydrogen) atoms. The molecule has 0 aromatic rings. The highest BCUT2D eigenvalue weighted by Gasteiger charge is 2.20. The van der Waals surface area contributed by atoms with Crippen LogP contribution in [0.25, 0.3) is 0 Å². The number of unbranched alkanes of at least 4 members (excludes halogenated alkanes) is 51. The van der Waals surface area contributed by atoms with Crippen LogP contribution < -0.4 is 5.32 Å². The number of ether oxygens (including phenoxy) is 1. The molecule has 0 bridgehead atoms. The minimum absolute atomic E-state index is 0.00464. The third-order valence-electron chi connectivity index (χ3n) is 16.1. The molecule has 6 nitrogen and oxygen atoms in total. The van der Waals surface area contributed by atoms with Crippen LogP contribution in [0.5, 0.6) is 0 Å². The van der Waals surface area contributed by atoms with Crippen LogP contribution in [-0.4, -0.2) is 47.4 Å². The van der Waals surface area contributed by atoms with E-state index < -0.39 is 12.1 Å². The van der Waals surface area contributed by atoms with Gasteiger partial charge in [0.15, 0.2) is 0 Å². The van der Waals surface area contributed by atoms with Crippen LogP contribution in [0.2, 0.25) is 0 Å². The van der Waals surface area contributed by atoms with Gasteiger partial charge in [-0.1, -0.05) is 334 Å². The Hall–Kier alpha value is -1.40. The van der Waals surface area contributed by atoms with E-state index in [1.165, 1.54) is 308 Å². The average molecular weight is 1040 g/mol. The smallest absolute Gasteiger partial charge is 0.305 e. The molecule has 440 valence electrons. The van der Waals surface area contributed by atoms with Crippen LogP contribution in [0.3, 0.4) is 0 Å². The predicted octanol–water partition coefficient (Wildman–Crippen LogP) is 21.6. The zero-order chi connectivity index (χ0) is 53.6. The second kappa shape index (κ2) is 64.1. The fourth-order valence-corrected chi connectivity index (χ4v) is 10.9. The molecule has 0 saturated heterocycles. The minimum Gasteiger partial charge on any atom is -0.466 e. The summed E-state index contributed by atoms with van der Waals surface area (Å²) in [6.45, 7) is 4.98. The first-order valence-electron chi connectivity index (χ1n) is 33.9. The first kappa shape index (κ1) is 72.6. The summed E-state index contributed by atoms with van der Waals surface area (Å²) in [6, 6.07) is -0.543. The molecule has 0 aromatic carbocycles. The molecule has 0 aliphatic heterocycles. The van der Waals surface area contributed by atoms with E-state index in [0.717, 1.165) is 44.9 Å². The summed E-state index contributed by atoms with van der Waals surface area (Å²) >= 11 is 0. The number of hydrogen-bond donors (Lipinski definition) is 3. The molecule has 0 spiro atoms. The number of esters is 1. The zero-order valence-corrected chi connectivity index (χ0v) is 50.4. The number of rotatable bonds is 64. The lowest BCUT2D eigenvalue weighted by Crippen LogP contribution is -2.45. The van der Waals surface area contributed by atoms with Crippen LogP contribution in [0.4, 0.5) is 0 Å². The number of carbonyl (C=O) groups is 2. The standard InChI is InChI=1S/C68H133NO5/c1-3-5-7-9-11-13-15-17-19-20-21-22-24-27-30-33-36-40-44-48-52-56-60-66(71)65(64-70)69-67(72)61-57-53-49-45-41-37-34-31-28-25-23-26-29-32-35-39-43-47-51-55-59-63-74-68(73)62-58-54-50-46-42-38-18-16-14-12-10-8-6-4-2/h16,18,65-66,70-71H,3-15,17,19-64H2,1-2H3,(H,69,72)/b18-16-. The Morgan fingerprint density at radius 3 is 0.959 bits per heavy atom. The van der Waals surface area contributed by atoms with Gasteiger partial charge in [0.25, 0.3) is 0 Å². The van der Waals surface area contributed by atoms with Crippen LogP contribution in [-0.2, 0) is 14.3 Å². The first-order chi connectivity index (χ1) is 36.5. The molecule has 0 fully saturated rings. The number of allylic oxidation sites excluding steroid dienone is 2. The fraction of sp³-hybridized carbons (Fsp3) is 0.941. The van der Waals surface area contributed by atoms with Gasteiger partial charge in [-0.25, -0.2) is 0 Å². The number of amides is 1. The lowest BCUT2D eigenvalue weighted by molar-refractivity contribution is -0.143. The van der Waals surface area contributed by atoms with Crippen molar-refractivity contribution in [2.45, 2.75) is 398 Å². The molecule has 0 aliphatic rings. The highest BCUT2D eigenvalue weighted by Crippen LogP contribution is 2.19. The summed E-state index contributed by atoms with van der Waals surface area (Å²) in [5.74, 6) is -0.0267. The minimum atomic E-state index is -0.666. The third kappa shape index (κ3) is 59.8. The normalized spacial score (nSPS) is 12.5. The number of nitrogens with one attached hydrogen (secondary N) is 1. The molecule has 0 saturated carbocycles. The van der Waals surface area contributed by atoms with Crippen molar-refractivity contribution in [2.75, 3.05) is 13.2 Å². The Morgan fingerprint density at radius 1 is 0.365 bits per heavy atom. The van der Waals surface area contributed by atoms with E-state index in [2.05, 4.69) is 31.3 Å². The van der Waals surface area contributed by atoms with Crippen molar-refractivity contribution in [3.05, 3.63) is 12.2 Å². The maximum absolute atomic E-state index is 12.5. The van der Waals surface area contributed by atoms with Gasteiger partial charge in [0.2, 0.25) is 5.91 Å². The van der Waals surface area contributed by atoms with Crippen LogP contribution in [0, 0.1) is 0 Å². The largest absolute Gasteiger partial charge is 0.466 e. The second-order valence-corrected chi connectivity index (χ2v) is 23.5. The summed E-state index contributed by atoms with van der Waals surface area (Å²) in [4.78, 5) is 24.6. The molecule has 0 radical (unpaired) electrons. The maximum atomic E-state index is 12.5. The molecule has 6 heteroatoms. The molecule has 2 atom stereocenters. The highest BCUT2D eigenvalue weighted by atomic mass is 16.5. The van der Waals surface area contributed by atoms with Gasteiger partial charge in [-0.05, 0) is 51.4 Å². The third-order valence-corrected chi connectivity index (χ3v) is 16.1. The SMILES string of the molecule is CCCCCCC/C=C\CCCCCCCC(=O)OCCCCCCCCCCCCCCCCCCCCCCCC(=O)NC(CO)C(O)CCCCCCCCCCCCCCCCCCCCCCCC. The highest BCUT2D eigenvalue weighted by molar-refractivity contribution is 5.76. The van der Waals surface area contributed by atoms with E-state index in [0.29, 0.717) is 25.9 Å². The quantitative estimate of drug-likeness (QED) is 0.0320. The van der Waals surface area contributed by atoms with Crippen molar-refractivity contribution in [3.63, 3.8) is 0 Å². The van der Waals surface area contributed by atoms with Gasteiger partial charge in [0.05, 0.1) is 25.4 Å². The lowest BCUT2D eigenvalue weighted by atomic mass is 10.0. The lowest BCUT2D eigenvalue weighted by Gasteiger charge is -2.22. The van der Waals surface area contributed by atoms with Crippen LogP contribution in [0.1, 0.15) is 386 Å². The molecule has 0 rings (SSSR count). The Kier molecular flexibility index (Phi) is 62.9. The molecule has 0 heterocycles. The summed E-state index contributed by atoms with van der Waals surface area (Å²) < 4.78 is 5.48. The Balaban J connectivity index is 3.38. The Morgan fingerprint density at radius 2 is 0.635 bits per heavy atom. The number of aliphatic hydroxyl groups excluding tert-OH is 2. The molecule has 3 N–H and O–H groups in total. The maximum Gasteiger partial charge on any atom is 0.305 e. The number of aliphatic hydroxyl groups is 2. The van der Waals surface area contributed by atoms with Crippen LogP contribution in [0.15, 0.2) is 12.2 Å². The van der Waals surface area contributed by atoms with E-state index in [1.807, 2.05) is 0 Å². The van der Waals surface area contributed by atoms with E-state index in [1.54, 1.807) is 0 Å². The van der Waals surface area contributed by atoms with E-state index in [9.17, 15) is 19.8 Å². The van der Waals surface area contributed by atoms with Crippen molar-refractivity contribution in [1.29, 1.82) is 0 Å². The first-order valence-corrected chi connectivity index (χ1v) is 33.9. The topological polar surface area (TPSA) is 95.9 Å². The van der Waals surface area contributed by atoms with Crippen molar-refractivity contribution >= 4 is 11.9 Å². The van der Waals surface area contributed by atoms with Gasteiger partial charge in [-0.15, -0.1) is 0 Å². The molecule has 1 amide bonds. The van der Waals surface area contributed by atoms with Crippen molar-refractivity contribution in [2.24, 2.45) is 0 Å². The molecular formula is C68H133NO5. The average Bonchev–Trinajstić information content (AvgIpc) is 3.40. The Bertz CT molecular complexity index is 1110. The fourth-order valence-electron chi connectivity index (χ4n) is 10.9.